The van der Waals surface area contributed by atoms with E-state index in [0.717, 1.165) is 67.2 Å². The molecule has 0 N–H and O–H groups in total. The van der Waals surface area contributed by atoms with Gasteiger partial charge in [-0.25, -0.2) is 0 Å². The van der Waals surface area contributed by atoms with Gasteiger partial charge in [-0.1, -0.05) is 291 Å². The van der Waals surface area contributed by atoms with Crippen LogP contribution in [0.1, 0.15) is 0 Å². The van der Waals surface area contributed by atoms with E-state index in [9.17, 15) is 0 Å². The lowest BCUT2D eigenvalue weighted by Crippen LogP contribution is -2.74. The lowest BCUT2D eigenvalue weighted by molar-refractivity contribution is 0.669. The summed E-state index contributed by atoms with van der Waals surface area (Å²) in [6.07, 6.45) is 0. The Morgan fingerprint density at radius 2 is 0.382 bits per heavy atom. The predicted octanol–water partition coefficient (Wildman–Crippen LogP) is 16.6. The Bertz CT molecular complexity index is 4320. The highest BCUT2D eigenvalue weighted by molar-refractivity contribution is 7.20. The molecular formula is C84H62N2OSi2. The first-order valence-electron chi connectivity index (χ1n) is 30.5. The normalized spacial score (nSPS) is 11.6. The molecule has 5 heteroatoms. The molecule has 0 atom stereocenters. The summed E-state index contributed by atoms with van der Waals surface area (Å²) in [4.78, 5) is 4.73. The molecule has 15 aromatic rings. The molecule has 0 unspecified atom stereocenters. The molecule has 0 aliphatic rings. The number of anilines is 6. The number of furan rings is 1. The minimum atomic E-state index is -2.77. The van der Waals surface area contributed by atoms with Gasteiger partial charge < -0.3 is 14.2 Å². The van der Waals surface area contributed by atoms with Gasteiger partial charge in [0.15, 0.2) is 16.1 Å². The van der Waals surface area contributed by atoms with E-state index in [1.807, 2.05) is 0 Å². The molecule has 3 nitrogen and oxygen atoms in total. The maximum atomic E-state index is 7.11. The molecule has 0 saturated carbocycles. The van der Waals surface area contributed by atoms with E-state index in [2.05, 4.69) is 386 Å². The number of benzene rings is 14. The molecular weight excluding hydrogens is 1110 g/mol. The summed E-state index contributed by atoms with van der Waals surface area (Å²) in [6, 6.07) is 138. The lowest BCUT2D eigenvalue weighted by Gasteiger charge is -2.35. The second kappa shape index (κ2) is 24.0. The van der Waals surface area contributed by atoms with E-state index in [-0.39, 0.29) is 0 Å². The summed E-state index contributed by atoms with van der Waals surface area (Å²) in [5, 5.41) is 12.8. The predicted molar refractivity (Wildman–Crippen MR) is 381 cm³/mol. The zero-order chi connectivity index (χ0) is 59.4. The Morgan fingerprint density at radius 3 is 0.640 bits per heavy atom. The van der Waals surface area contributed by atoms with Crippen molar-refractivity contribution in [1.29, 1.82) is 0 Å². The molecule has 0 bridgehead atoms. The van der Waals surface area contributed by atoms with Gasteiger partial charge in [0.1, 0.15) is 11.2 Å². The maximum Gasteiger partial charge on any atom is 0.179 e. The Hall–Kier alpha value is -11.1. The highest BCUT2D eigenvalue weighted by atomic mass is 28.3. The molecule has 0 saturated heterocycles. The van der Waals surface area contributed by atoms with Crippen LogP contribution in [0.4, 0.5) is 34.1 Å². The van der Waals surface area contributed by atoms with Crippen LogP contribution in [0.5, 0.6) is 0 Å². The smallest absolute Gasteiger partial charge is 0.179 e. The van der Waals surface area contributed by atoms with Crippen molar-refractivity contribution >= 4 is 114 Å². The van der Waals surface area contributed by atoms with Crippen molar-refractivity contribution < 1.29 is 4.42 Å². The van der Waals surface area contributed by atoms with Gasteiger partial charge in [0.25, 0.3) is 0 Å². The number of rotatable bonds is 16. The highest BCUT2D eigenvalue weighted by Crippen LogP contribution is 2.42. The van der Waals surface area contributed by atoms with Crippen LogP contribution >= 0.6 is 0 Å². The van der Waals surface area contributed by atoms with Crippen LogP contribution in [-0.4, -0.2) is 16.1 Å². The fourth-order valence-corrected chi connectivity index (χ4v) is 23.1. The molecule has 0 radical (unpaired) electrons. The Balaban J connectivity index is 0.850. The van der Waals surface area contributed by atoms with E-state index < -0.39 is 16.1 Å². The average molecular weight is 1170 g/mol. The van der Waals surface area contributed by atoms with Crippen molar-refractivity contribution in [3.8, 4) is 22.3 Å². The minimum absolute atomic E-state index is 0.813. The quantitative estimate of drug-likeness (QED) is 0.0710. The first-order valence-corrected chi connectivity index (χ1v) is 34.5. The molecule has 14 aromatic carbocycles. The molecule has 1 heterocycles. The fourth-order valence-electron chi connectivity index (χ4n) is 13.6. The van der Waals surface area contributed by atoms with Crippen LogP contribution in [0.3, 0.4) is 0 Å². The van der Waals surface area contributed by atoms with Crippen molar-refractivity contribution in [1.82, 2.24) is 0 Å². The van der Waals surface area contributed by atoms with Crippen molar-refractivity contribution in [2.45, 2.75) is 0 Å². The van der Waals surface area contributed by atoms with Crippen molar-refractivity contribution in [2.75, 3.05) is 9.80 Å². The second-order valence-corrected chi connectivity index (χ2v) is 30.4. The number of fused-ring (bicyclic) bond motifs is 3. The summed E-state index contributed by atoms with van der Waals surface area (Å²) < 4.78 is 7.11. The average Bonchev–Trinajstić information content (AvgIpc) is 2.41. The SMILES string of the molecule is c1ccc(-c2ccc(N(c3ccc([Si](c4ccccc4)(c4ccccc4)c4ccccc4)cc3)c3ccc4c(c3)oc3cc(N(c5ccc(-c6ccccc6)cc5)c5ccc([Si](c6ccccc6)(c6ccccc6)c6ccccc6)cc5)ccc34)cc2)cc1. The largest absolute Gasteiger partial charge is 0.456 e. The first kappa shape index (κ1) is 54.6. The zero-order valence-electron chi connectivity index (χ0n) is 49.1. The first-order chi connectivity index (χ1) is 44.1. The highest BCUT2D eigenvalue weighted by Gasteiger charge is 2.43. The van der Waals surface area contributed by atoms with E-state index >= 15 is 0 Å². The molecule has 422 valence electrons. The topological polar surface area (TPSA) is 19.6 Å². The third kappa shape index (κ3) is 10.1. The van der Waals surface area contributed by atoms with Crippen LogP contribution in [0.15, 0.2) is 381 Å². The molecule has 1 aromatic heterocycles. The Labute approximate surface area is 523 Å². The number of hydrogen-bond acceptors (Lipinski definition) is 3. The van der Waals surface area contributed by atoms with Gasteiger partial charge in [-0.05, 0) is 137 Å². The van der Waals surface area contributed by atoms with Gasteiger partial charge in [0, 0.05) is 57.0 Å². The monoisotopic (exact) mass is 1170 g/mol. The Morgan fingerprint density at radius 1 is 0.180 bits per heavy atom. The maximum absolute atomic E-state index is 7.11. The lowest BCUT2D eigenvalue weighted by atomic mass is 10.0. The van der Waals surface area contributed by atoms with Gasteiger partial charge in [0.2, 0.25) is 0 Å². The van der Waals surface area contributed by atoms with E-state index in [0.29, 0.717) is 0 Å². The minimum Gasteiger partial charge on any atom is -0.456 e. The molecule has 89 heavy (non-hydrogen) atoms. The third-order valence-electron chi connectivity index (χ3n) is 17.8. The van der Waals surface area contributed by atoms with Gasteiger partial charge in [0.05, 0.1) is 0 Å². The number of nitrogens with zero attached hydrogens (tertiary/aromatic N) is 2. The number of hydrogen-bond donors (Lipinski definition) is 0. The van der Waals surface area contributed by atoms with Gasteiger partial charge in [-0.15, -0.1) is 0 Å². The van der Waals surface area contributed by atoms with Crippen LogP contribution in [0, 0.1) is 0 Å². The van der Waals surface area contributed by atoms with Crippen LogP contribution in [0.2, 0.25) is 0 Å². The van der Waals surface area contributed by atoms with Crippen LogP contribution in [-0.2, 0) is 0 Å². The van der Waals surface area contributed by atoms with E-state index in [1.54, 1.807) is 0 Å². The molecule has 0 spiro atoms. The molecule has 15 rings (SSSR count). The van der Waals surface area contributed by atoms with E-state index in [1.165, 1.54) is 52.6 Å². The van der Waals surface area contributed by atoms with Gasteiger partial charge in [-0.2, -0.15) is 0 Å². The summed E-state index contributed by atoms with van der Waals surface area (Å²) in [5.74, 6) is 0. The molecule has 0 aliphatic heterocycles. The van der Waals surface area contributed by atoms with Crippen LogP contribution in [0.25, 0.3) is 44.2 Å². The van der Waals surface area contributed by atoms with Gasteiger partial charge in [-0.3, -0.25) is 0 Å². The fraction of sp³-hybridized carbons (Fsp3) is 0. The van der Waals surface area contributed by atoms with Gasteiger partial charge >= 0.3 is 0 Å². The molecule has 0 aliphatic carbocycles. The molecule has 0 amide bonds. The van der Waals surface area contributed by atoms with Crippen molar-refractivity contribution in [3.05, 3.63) is 376 Å². The zero-order valence-corrected chi connectivity index (χ0v) is 51.1. The van der Waals surface area contributed by atoms with E-state index in [4.69, 9.17) is 4.42 Å². The molecule has 0 fully saturated rings. The third-order valence-corrected chi connectivity index (χ3v) is 27.4. The van der Waals surface area contributed by atoms with Crippen LogP contribution < -0.4 is 51.3 Å². The Kier molecular flexibility index (Phi) is 14.7. The summed E-state index contributed by atoms with van der Waals surface area (Å²) in [7, 11) is -5.55. The van der Waals surface area contributed by atoms with Crippen molar-refractivity contribution in [3.63, 3.8) is 0 Å². The standard InChI is InChI=1S/C84H62N2OSi2/c1-9-25-63(26-10-1)65-41-45-67(46-42-65)85(69-49-55-79(56-50-69)88(73-29-13-3-14-30-73,74-31-15-4-16-32-74)75-33-17-5-18-34-75)71-53-59-81-82-60-54-72(62-84(82)87-83(81)61-71)86(68-47-43-66(44-48-68)64-27-11-2-12-28-64)70-51-57-80(58-52-70)89(76-35-19-6-20-36-76,77-37-21-7-22-38-77)78-39-23-8-24-40-78/h1-62H. The summed E-state index contributed by atoms with van der Waals surface area (Å²) >= 11 is 0. The summed E-state index contributed by atoms with van der Waals surface area (Å²) in [5.41, 5.74) is 12.5. The second-order valence-electron chi connectivity index (χ2n) is 22.7. The summed E-state index contributed by atoms with van der Waals surface area (Å²) in [6.45, 7) is 0. The van der Waals surface area contributed by atoms with Crippen molar-refractivity contribution in [2.24, 2.45) is 0 Å².